The summed E-state index contributed by atoms with van der Waals surface area (Å²) in [5, 5.41) is 2.74. The molecule has 0 unspecified atom stereocenters. The van der Waals surface area contributed by atoms with Gasteiger partial charge in [0, 0.05) is 11.4 Å². The smallest absolute Gasteiger partial charge is 0.261 e. The number of carbonyl (C=O) groups is 1. The van der Waals surface area contributed by atoms with Crippen LogP contribution in [-0.4, -0.2) is 20.4 Å². The Morgan fingerprint density at radius 2 is 1.44 bits per heavy atom. The SMILES string of the molecule is Cc1ccc(S(=O)(=O)Nc2ccc(NC(=O)[C@@H](N)C(C)(C)C)cc2)cc1.Cl. The summed E-state index contributed by atoms with van der Waals surface area (Å²) in [6.07, 6.45) is 0. The topological polar surface area (TPSA) is 101 Å². The van der Waals surface area contributed by atoms with Crippen LogP contribution in [-0.2, 0) is 14.8 Å². The molecule has 1 atom stereocenters. The zero-order valence-electron chi connectivity index (χ0n) is 15.8. The zero-order chi connectivity index (χ0) is 19.5. The molecule has 0 saturated carbocycles. The van der Waals surface area contributed by atoms with Crippen LogP contribution >= 0.6 is 12.4 Å². The summed E-state index contributed by atoms with van der Waals surface area (Å²) in [5.41, 5.74) is 7.51. The molecule has 2 rings (SSSR count). The Morgan fingerprint density at radius 3 is 1.93 bits per heavy atom. The van der Waals surface area contributed by atoms with Gasteiger partial charge in [-0.3, -0.25) is 9.52 Å². The maximum absolute atomic E-state index is 12.4. The fraction of sp³-hybridized carbons (Fsp3) is 0.316. The summed E-state index contributed by atoms with van der Waals surface area (Å²) in [7, 11) is -3.66. The van der Waals surface area contributed by atoms with E-state index in [0.717, 1.165) is 5.56 Å². The van der Waals surface area contributed by atoms with Gasteiger partial charge in [0.25, 0.3) is 10.0 Å². The molecule has 4 N–H and O–H groups in total. The Balaban J connectivity index is 0.00000364. The monoisotopic (exact) mass is 411 g/mol. The first-order valence-corrected chi connectivity index (χ1v) is 9.73. The van der Waals surface area contributed by atoms with Crippen molar-refractivity contribution in [3.8, 4) is 0 Å². The third kappa shape index (κ3) is 6.23. The van der Waals surface area contributed by atoms with Gasteiger partial charge in [-0.2, -0.15) is 0 Å². The molecular formula is C19H26ClN3O3S. The Bertz CT molecular complexity index is 874. The van der Waals surface area contributed by atoms with Crippen molar-refractivity contribution in [2.75, 3.05) is 10.0 Å². The van der Waals surface area contributed by atoms with Gasteiger partial charge in [0.1, 0.15) is 0 Å². The summed E-state index contributed by atoms with van der Waals surface area (Å²) in [4.78, 5) is 12.3. The second-order valence-electron chi connectivity index (χ2n) is 7.33. The van der Waals surface area contributed by atoms with E-state index < -0.39 is 16.1 Å². The van der Waals surface area contributed by atoms with Crippen molar-refractivity contribution in [3.63, 3.8) is 0 Å². The molecule has 0 radical (unpaired) electrons. The Kier molecular flexibility index (Phi) is 7.42. The number of amides is 1. The van der Waals surface area contributed by atoms with Crippen molar-refractivity contribution < 1.29 is 13.2 Å². The zero-order valence-corrected chi connectivity index (χ0v) is 17.4. The number of hydrogen-bond acceptors (Lipinski definition) is 4. The quantitative estimate of drug-likeness (QED) is 0.700. The standard InChI is InChI=1S/C19H25N3O3S.ClH/c1-13-5-11-16(12-6-13)26(24,25)22-15-9-7-14(8-10-15)21-18(23)17(20)19(2,3)4;/h5-12,17,22H,20H2,1-4H3,(H,21,23);1H/t17-;/m1./s1. The maximum atomic E-state index is 12.4. The van der Waals surface area contributed by atoms with Crippen molar-refractivity contribution >= 4 is 39.7 Å². The summed E-state index contributed by atoms with van der Waals surface area (Å²) < 4.78 is 27.3. The summed E-state index contributed by atoms with van der Waals surface area (Å²) in [6.45, 7) is 7.56. The summed E-state index contributed by atoms with van der Waals surface area (Å²) >= 11 is 0. The van der Waals surface area contributed by atoms with Crippen LogP contribution in [0.25, 0.3) is 0 Å². The Morgan fingerprint density at radius 1 is 0.963 bits per heavy atom. The van der Waals surface area contributed by atoms with E-state index in [9.17, 15) is 13.2 Å². The van der Waals surface area contributed by atoms with Crippen LogP contribution in [0.15, 0.2) is 53.4 Å². The second kappa shape index (κ2) is 8.73. The number of carbonyl (C=O) groups excluding carboxylic acids is 1. The van der Waals surface area contributed by atoms with Gasteiger partial charge < -0.3 is 11.1 Å². The van der Waals surface area contributed by atoms with Gasteiger partial charge in [0.05, 0.1) is 10.9 Å². The Labute approximate surface area is 167 Å². The summed E-state index contributed by atoms with van der Waals surface area (Å²) in [6, 6.07) is 12.4. The van der Waals surface area contributed by atoms with Crippen LogP contribution in [0.2, 0.25) is 0 Å². The van der Waals surface area contributed by atoms with E-state index in [1.54, 1.807) is 48.5 Å². The van der Waals surface area contributed by atoms with Crippen molar-refractivity contribution in [2.24, 2.45) is 11.1 Å². The van der Waals surface area contributed by atoms with Gasteiger partial charge in [0.2, 0.25) is 5.91 Å². The van der Waals surface area contributed by atoms with E-state index >= 15 is 0 Å². The first kappa shape index (κ1) is 23.0. The van der Waals surface area contributed by atoms with Crippen LogP contribution in [0, 0.1) is 12.3 Å². The molecule has 0 aromatic heterocycles. The van der Waals surface area contributed by atoms with Gasteiger partial charge >= 0.3 is 0 Å². The molecule has 1 amide bonds. The number of aryl methyl sites for hydroxylation is 1. The average molecular weight is 412 g/mol. The molecule has 2 aromatic rings. The lowest BCUT2D eigenvalue weighted by atomic mass is 9.87. The average Bonchev–Trinajstić information content (AvgIpc) is 2.55. The van der Waals surface area contributed by atoms with Gasteiger partial charge in [0.15, 0.2) is 0 Å². The number of nitrogens with one attached hydrogen (secondary N) is 2. The molecule has 27 heavy (non-hydrogen) atoms. The van der Waals surface area contributed by atoms with Gasteiger partial charge in [-0.05, 0) is 48.7 Å². The summed E-state index contributed by atoms with van der Waals surface area (Å²) in [5.74, 6) is -0.287. The van der Waals surface area contributed by atoms with Gasteiger partial charge in [-0.25, -0.2) is 8.42 Å². The molecule has 0 spiro atoms. The van der Waals surface area contributed by atoms with Crippen LogP contribution < -0.4 is 15.8 Å². The number of sulfonamides is 1. The highest BCUT2D eigenvalue weighted by molar-refractivity contribution is 7.92. The van der Waals surface area contributed by atoms with Crippen LogP contribution in [0.3, 0.4) is 0 Å². The van der Waals surface area contributed by atoms with E-state index in [-0.39, 0.29) is 28.6 Å². The van der Waals surface area contributed by atoms with Crippen LogP contribution in [0.1, 0.15) is 26.3 Å². The third-order valence-electron chi connectivity index (χ3n) is 3.95. The number of halogens is 1. The highest BCUT2D eigenvalue weighted by Crippen LogP contribution is 2.21. The van der Waals surface area contributed by atoms with Crippen molar-refractivity contribution in [1.82, 2.24) is 0 Å². The van der Waals surface area contributed by atoms with Crippen molar-refractivity contribution in [1.29, 1.82) is 0 Å². The predicted octanol–water partition coefficient (Wildman–Crippen LogP) is 3.53. The lowest BCUT2D eigenvalue weighted by molar-refractivity contribution is -0.119. The molecule has 148 valence electrons. The van der Waals surface area contributed by atoms with Gasteiger partial charge in [-0.15, -0.1) is 12.4 Å². The first-order valence-electron chi connectivity index (χ1n) is 8.25. The largest absolute Gasteiger partial charge is 0.325 e. The molecule has 8 heteroatoms. The molecule has 0 aliphatic carbocycles. The van der Waals surface area contributed by atoms with Crippen molar-refractivity contribution in [2.45, 2.75) is 38.6 Å². The second-order valence-corrected chi connectivity index (χ2v) is 9.01. The highest BCUT2D eigenvalue weighted by atomic mass is 35.5. The molecule has 0 heterocycles. The normalized spacial score (nSPS) is 12.6. The minimum absolute atomic E-state index is 0. The highest BCUT2D eigenvalue weighted by Gasteiger charge is 2.27. The number of benzene rings is 2. The molecule has 6 nitrogen and oxygen atoms in total. The van der Waals surface area contributed by atoms with E-state index in [1.807, 2.05) is 27.7 Å². The number of hydrogen-bond donors (Lipinski definition) is 3. The van der Waals surface area contributed by atoms with E-state index in [1.165, 1.54) is 0 Å². The maximum Gasteiger partial charge on any atom is 0.261 e. The molecule has 0 aliphatic heterocycles. The molecular weight excluding hydrogens is 386 g/mol. The predicted molar refractivity (Wildman–Crippen MR) is 112 cm³/mol. The lowest BCUT2D eigenvalue weighted by Gasteiger charge is -2.25. The molecule has 0 aliphatic rings. The minimum atomic E-state index is -3.66. The molecule has 0 fully saturated rings. The molecule has 0 saturated heterocycles. The Hall–Kier alpha value is -2.09. The fourth-order valence-corrected chi connectivity index (χ4v) is 3.23. The van der Waals surface area contributed by atoms with E-state index in [2.05, 4.69) is 10.0 Å². The molecule has 0 bridgehead atoms. The fourth-order valence-electron chi connectivity index (χ4n) is 2.17. The number of nitrogens with two attached hydrogens (primary N) is 1. The van der Waals surface area contributed by atoms with Crippen LogP contribution in [0.4, 0.5) is 11.4 Å². The van der Waals surface area contributed by atoms with E-state index in [0.29, 0.717) is 11.4 Å². The third-order valence-corrected chi connectivity index (χ3v) is 5.35. The van der Waals surface area contributed by atoms with Crippen LogP contribution in [0.5, 0.6) is 0 Å². The molecule has 2 aromatic carbocycles. The minimum Gasteiger partial charge on any atom is -0.325 e. The van der Waals surface area contributed by atoms with Crippen molar-refractivity contribution in [3.05, 3.63) is 54.1 Å². The lowest BCUT2D eigenvalue weighted by Crippen LogP contribution is -2.45. The number of rotatable bonds is 5. The van der Waals surface area contributed by atoms with E-state index in [4.69, 9.17) is 5.73 Å². The first-order chi connectivity index (χ1) is 12.0. The van der Waals surface area contributed by atoms with Gasteiger partial charge in [-0.1, -0.05) is 38.5 Å². The number of anilines is 2.